The number of benzene rings is 1. The van der Waals surface area contributed by atoms with E-state index in [2.05, 4.69) is 41.5 Å². The number of amides is 2. The van der Waals surface area contributed by atoms with Crippen molar-refractivity contribution >= 4 is 6.03 Å². The summed E-state index contributed by atoms with van der Waals surface area (Å²) in [6.45, 7) is 5.67. The number of carbonyl (C=O) groups is 1. The van der Waals surface area contributed by atoms with E-state index < -0.39 is 5.60 Å². The summed E-state index contributed by atoms with van der Waals surface area (Å²) in [6.07, 6.45) is 4.16. The lowest BCUT2D eigenvalue weighted by Gasteiger charge is -2.28. The Labute approximate surface area is 149 Å². The second kappa shape index (κ2) is 8.12. The Morgan fingerprint density at radius 3 is 2.52 bits per heavy atom. The van der Waals surface area contributed by atoms with Crippen LogP contribution < -0.4 is 5.32 Å². The number of nitrogens with one attached hydrogen (secondary N) is 1. The number of urea groups is 1. The minimum Gasteiger partial charge on any atom is -0.389 e. The van der Waals surface area contributed by atoms with Crippen molar-refractivity contribution in [2.75, 3.05) is 13.6 Å². The molecule has 5 heteroatoms. The van der Waals surface area contributed by atoms with Crippen LogP contribution in [-0.4, -0.2) is 40.2 Å². The van der Waals surface area contributed by atoms with Gasteiger partial charge in [0.2, 0.25) is 0 Å². The summed E-state index contributed by atoms with van der Waals surface area (Å²) < 4.78 is 0. The molecule has 2 rings (SSSR count). The van der Waals surface area contributed by atoms with E-state index in [1.165, 1.54) is 10.5 Å². The standard InChI is InChI=1S/C20H27N3O2/c1-15-7-9-16(10-8-15)12-18(17-6-5-11-21-13-17)22-19(24)23(4)14-20(2,3)25/h5-11,13,18,25H,12,14H2,1-4H3,(H,22,24). The number of aryl methyl sites for hydroxylation is 1. The lowest BCUT2D eigenvalue weighted by molar-refractivity contribution is 0.0527. The molecular weight excluding hydrogens is 314 g/mol. The molecule has 2 amide bonds. The smallest absolute Gasteiger partial charge is 0.317 e. The largest absolute Gasteiger partial charge is 0.389 e. The van der Waals surface area contributed by atoms with Crippen LogP contribution in [0.5, 0.6) is 0 Å². The molecule has 0 saturated heterocycles. The molecule has 1 aromatic heterocycles. The first-order valence-corrected chi connectivity index (χ1v) is 8.44. The van der Waals surface area contributed by atoms with E-state index in [1.807, 2.05) is 12.1 Å². The van der Waals surface area contributed by atoms with E-state index >= 15 is 0 Å². The van der Waals surface area contributed by atoms with E-state index in [4.69, 9.17) is 0 Å². The Morgan fingerprint density at radius 1 is 1.28 bits per heavy atom. The summed E-state index contributed by atoms with van der Waals surface area (Å²) in [5.41, 5.74) is 2.36. The molecular formula is C20H27N3O2. The highest BCUT2D eigenvalue weighted by molar-refractivity contribution is 5.74. The van der Waals surface area contributed by atoms with Gasteiger partial charge in [-0.1, -0.05) is 35.9 Å². The highest BCUT2D eigenvalue weighted by Gasteiger charge is 2.22. The summed E-state index contributed by atoms with van der Waals surface area (Å²) >= 11 is 0. The first kappa shape index (κ1) is 18.9. The number of pyridine rings is 1. The van der Waals surface area contributed by atoms with Crippen molar-refractivity contribution in [1.29, 1.82) is 0 Å². The van der Waals surface area contributed by atoms with Crippen molar-refractivity contribution in [3.8, 4) is 0 Å². The van der Waals surface area contributed by atoms with Crippen LogP contribution in [0.2, 0.25) is 0 Å². The molecule has 0 bridgehead atoms. The van der Waals surface area contributed by atoms with Crippen LogP contribution in [-0.2, 0) is 6.42 Å². The molecule has 0 fully saturated rings. The zero-order valence-electron chi connectivity index (χ0n) is 15.4. The third-order valence-corrected chi connectivity index (χ3v) is 3.92. The number of hydrogen-bond donors (Lipinski definition) is 2. The number of likely N-dealkylation sites (N-methyl/N-ethyl adjacent to an activating group) is 1. The lowest BCUT2D eigenvalue weighted by atomic mass is 9.99. The first-order chi connectivity index (χ1) is 11.7. The van der Waals surface area contributed by atoms with Gasteiger partial charge in [0.05, 0.1) is 18.2 Å². The number of aliphatic hydroxyl groups is 1. The molecule has 1 heterocycles. The third kappa shape index (κ3) is 6.19. The van der Waals surface area contributed by atoms with Crippen LogP contribution >= 0.6 is 0 Å². The second-order valence-electron chi connectivity index (χ2n) is 7.15. The Morgan fingerprint density at radius 2 is 1.96 bits per heavy atom. The van der Waals surface area contributed by atoms with Crippen molar-refractivity contribution in [1.82, 2.24) is 15.2 Å². The summed E-state index contributed by atoms with van der Waals surface area (Å²) in [4.78, 5) is 18.2. The predicted octanol–water partition coefficient (Wildman–Crippen LogP) is 3.09. The van der Waals surface area contributed by atoms with E-state index in [0.29, 0.717) is 6.42 Å². The molecule has 0 aliphatic carbocycles. The van der Waals surface area contributed by atoms with E-state index in [-0.39, 0.29) is 18.6 Å². The summed E-state index contributed by atoms with van der Waals surface area (Å²) in [5.74, 6) is 0. The average Bonchev–Trinajstić information content (AvgIpc) is 2.55. The zero-order chi connectivity index (χ0) is 18.4. The number of nitrogens with zero attached hydrogens (tertiary/aromatic N) is 2. The van der Waals surface area contributed by atoms with Crippen LogP contribution in [0.15, 0.2) is 48.8 Å². The molecule has 1 unspecified atom stereocenters. The number of carbonyl (C=O) groups excluding carboxylic acids is 1. The van der Waals surface area contributed by atoms with Gasteiger partial charge in [-0.3, -0.25) is 4.98 Å². The van der Waals surface area contributed by atoms with Crippen molar-refractivity contribution in [3.63, 3.8) is 0 Å². The molecule has 1 aromatic carbocycles. The molecule has 1 atom stereocenters. The third-order valence-electron chi connectivity index (χ3n) is 3.92. The van der Waals surface area contributed by atoms with Crippen molar-refractivity contribution < 1.29 is 9.90 Å². The molecule has 0 aliphatic rings. The van der Waals surface area contributed by atoms with Gasteiger partial charge in [0, 0.05) is 19.4 Å². The zero-order valence-corrected chi connectivity index (χ0v) is 15.4. The Bertz CT molecular complexity index is 678. The maximum absolute atomic E-state index is 12.5. The van der Waals surface area contributed by atoms with Gasteiger partial charge in [-0.05, 0) is 44.4 Å². The second-order valence-corrected chi connectivity index (χ2v) is 7.15. The first-order valence-electron chi connectivity index (χ1n) is 8.44. The average molecular weight is 341 g/mol. The van der Waals surface area contributed by atoms with Gasteiger partial charge >= 0.3 is 6.03 Å². The quantitative estimate of drug-likeness (QED) is 0.848. The normalized spacial score (nSPS) is 12.5. The topological polar surface area (TPSA) is 65.5 Å². The van der Waals surface area contributed by atoms with Crippen LogP contribution in [0.4, 0.5) is 4.79 Å². The number of rotatable bonds is 6. The van der Waals surface area contributed by atoms with Crippen LogP contribution in [0.3, 0.4) is 0 Å². The monoisotopic (exact) mass is 341 g/mol. The van der Waals surface area contributed by atoms with E-state index in [9.17, 15) is 9.90 Å². The molecule has 0 saturated carbocycles. The van der Waals surface area contributed by atoms with Gasteiger partial charge in [0.1, 0.15) is 0 Å². The van der Waals surface area contributed by atoms with Crippen LogP contribution in [0.25, 0.3) is 0 Å². The molecule has 5 nitrogen and oxygen atoms in total. The maximum atomic E-state index is 12.5. The fraction of sp³-hybridized carbons (Fsp3) is 0.400. The van der Waals surface area contributed by atoms with Gasteiger partial charge in [-0.25, -0.2) is 4.79 Å². The van der Waals surface area contributed by atoms with E-state index in [1.54, 1.807) is 33.3 Å². The van der Waals surface area contributed by atoms with Crippen molar-refractivity contribution in [2.24, 2.45) is 0 Å². The fourth-order valence-electron chi connectivity index (χ4n) is 2.71. The molecule has 134 valence electrons. The van der Waals surface area contributed by atoms with Crippen LogP contribution in [0.1, 0.15) is 36.6 Å². The predicted molar refractivity (Wildman–Crippen MR) is 99.3 cm³/mol. The SMILES string of the molecule is Cc1ccc(CC(NC(=O)N(C)CC(C)(C)O)c2cccnc2)cc1. The highest BCUT2D eigenvalue weighted by Crippen LogP contribution is 2.19. The van der Waals surface area contributed by atoms with Gasteiger partial charge in [0.15, 0.2) is 0 Å². The molecule has 2 aromatic rings. The fourth-order valence-corrected chi connectivity index (χ4v) is 2.71. The van der Waals surface area contributed by atoms with Gasteiger partial charge in [0.25, 0.3) is 0 Å². The van der Waals surface area contributed by atoms with Crippen molar-refractivity contribution in [3.05, 3.63) is 65.5 Å². The Balaban J connectivity index is 2.14. The van der Waals surface area contributed by atoms with Crippen LogP contribution in [0, 0.1) is 6.92 Å². The van der Waals surface area contributed by atoms with Gasteiger partial charge in [-0.15, -0.1) is 0 Å². The minimum absolute atomic E-state index is 0.187. The lowest BCUT2D eigenvalue weighted by Crippen LogP contribution is -2.46. The Kier molecular flexibility index (Phi) is 6.15. The molecule has 0 aliphatic heterocycles. The number of aromatic nitrogens is 1. The summed E-state index contributed by atoms with van der Waals surface area (Å²) in [5, 5.41) is 13.0. The van der Waals surface area contributed by atoms with Gasteiger partial charge in [-0.2, -0.15) is 0 Å². The summed E-state index contributed by atoms with van der Waals surface area (Å²) in [7, 11) is 1.68. The van der Waals surface area contributed by atoms with Crippen molar-refractivity contribution in [2.45, 2.75) is 38.8 Å². The summed E-state index contributed by atoms with van der Waals surface area (Å²) in [6, 6.07) is 11.7. The maximum Gasteiger partial charge on any atom is 0.317 e. The molecule has 0 spiro atoms. The highest BCUT2D eigenvalue weighted by atomic mass is 16.3. The molecule has 25 heavy (non-hydrogen) atoms. The minimum atomic E-state index is -0.938. The Hall–Kier alpha value is -2.40. The molecule has 2 N–H and O–H groups in total. The van der Waals surface area contributed by atoms with E-state index in [0.717, 1.165) is 11.1 Å². The molecule has 0 radical (unpaired) electrons. The number of hydrogen-bond acceptors (Lipinski definition) is 3. The van der Waals surface area contributed by atoms with Gasteiger partial charge < -0.3 is 15.3 Å².